The first-order chi connectivity index (χ1) is 8.44. The van der Waals surface area contributed by atoms with Gasteiger partial charge in [0.05, 0.1) is 10.0 Å². The molecule has 1 aliphatic heterocycles. The predicted octanol–water partition coefficient (Wildman–Crippen LogP) is 1.98. The van der Waals surface area contributed by atoms with Crippen molar-refractivity contribution in [2.75, 3.05) is 19.6 Å². The van der Waals surface area contributed by atoms with Crippen LogP contribution in [0.3, 0.4) is 0 Å². The Kier molecular flexibility index (Phi) is 4.18. The first kappa shape index (κ1) is 14.1. The molecule has 1 aliphatic rings. The van der Waals surface area contributed by atoms with Crippen molar-refractivity contribution in [3.63, 3.8) is 0 Å². The maximum absolute atomic E-state index is 12.5. The molecule has 0 aromatic heterocycles. The molecule has 4 nitrogen and oxygen atoms in total. The average molecular weight is 309 g/mol. The molecule has 18 heavy (non-hydrogen) atoms. The van der Waals surface area contributed by atoms with E-state index in [9.17, 15) is 8.42 Å². The molecule has 1 aromatic carbocycles. The molecule has 1 saturated heterocycles. The summed E-state index contributed by atoms with van der Waals surface area (Å²) in [4.78, 5) is 0.0745. The molecule has 0 spiro atoms. The second-order valence-electron chi connectivity index (χ2n) is 4.22. The highest BCUT2D eigenvalue weighted by molar-refractivity contribution is 7.89. The van der Waals surface area contributed by atoms with Crippen molar-refractivity contribution >= 4 is 33.2 Å². The number of hydrogen-bond donors (Lipinski definition) is 1. The number of benzene rings is 1. The highest BCUT2D eigenvalue weighted by atomic mass is 35.5. The number of nitrogens with zero attached hydrogens (tertiary/aromatic N) is 1. The van der Waals surface area contributed by atoms with Gasteiger partial charge in [0.15, 0.2) is 0 Å². The Labute approximate surface area is 117 Å². The van der Waals surface area contributed by atoms with E-state index in [1.807, 2.05) is 6.92 Å². The molecule has 1 fully saturated rings. The first-order valence-corrected chi connectivity index (χ1v) is 7.81. The molecule has 0 bridgehead atoms. The smallest absolute Gasteiger partial charge is 0.244 e. The van der Waals surface area contributed by atoms with Gasteiger partial charge in [0.1, 0.15) is 4.90 Å². The lowest BCUT2D eigenvalue weighted by Crippen LogP contribution is -2.52. The van der Waals surface area contributed by atoms with Crippen LogP contribution in [0.5, 0.6) is 0 Å². The Hall–Kier alpha value is -0.330. The van der Waals surface area contributed by atoms with Crippen LogP contribution in [0.15, 0.2) is 23.1 Å². The van der Waals surface area contributed by atoms with Crippen molar-refractivity contribution < 1.29 is 8.42 Å². The number of halogens is 2. The van der Waals surface area contributed by atoms with Gasteiger partial charge in [-0.2, -0.15) is 4.31 Å². The monoisotopic (exact) mass is 308 g/mol. The van der Waals surface area contributed by atoms with E-state index >= 15 is 0 Å². The molecule has 0 radical (unpaired) electrons. The third-order valence-electron chi connectivity index (χ3n) is 2.94. The Bertz CT molecular complexity index is 548. The second kappa shape index (κ2) is 5.35. The average Bonchev–Trinajstić information content (AvgIpc) is 2.32. The summed E-state index contributed by atoms with van der Waals surface area (Å²) in [6.07, 6.45) is 0. The largest absolute Gasteiger partial charge is 0.314 e. The van der Waals surface area contributed by atoms with E-state index in [4.69, 9.17) is 23.2 Å². The highest BCUT2D eigenvalue weighted by Gasteiger charge is 2.32. The summed E-state index contributed by atoms with van der Waals surface area (Å²) in [7, 11) is -3.59. The standard InChI is InChI=1S/C11H14Cl2N2O2S/c1-8-7-14-5-6-15(8)18(16,17)10-4-2-3-9(12)11(10)13/h2-4,8,14H,5-7H2,1H3/t8-/m1/s1. The van der Waals surface area contributed by atoms with Crippen LogP contribution in [0.1, 0.15) is 6.92 Å². The van der Waals surface area contributed by atoms with E-state index in [-0.39, 0.29) is 21.0 Å². The zero-order chi connectivity index (χ0) is 13.3. The van der Waals surface area contributed by atoms with Crippen LogP contribution < -0.4 is 5.32 Å². The van der Waals surface area contributed by atoms with Crippen LogP contribution in [0.2, 0.25) is 10.0 Å². The SMILES string of the molecule is C[C@@H]1CNCCN1S(=O)(=O)c1cccc(Cl)c1Cl. The lowest BCUT2D eigenvalue weighted by molar-refractivity contribution is 0.284. The van der Waals surface area contributed by atoms with Gasteiger partial charge >= 0.3 is 0 Å². The van der Waals surface area contributed by atoms with E-state index < -0.39 is 10.0 Å². The van der Waals surface area contributed by atoms with E-state index in [1.165, 1.54) is 10.4 Å². The van der Waals surface area contributed by atoms with Crippen molar-refractivity contribution in [3.8, 4) is 0 Å². The number of piperazine rings is 1. The Morgan fingerprint density at radius 3 is 2.78 bits per heavy atom. The van der Waals surface area contributed by atoms with E-state index in [2.05, 4.69) is 5.32 Å². The van der Waals surface area contributed by atoms with Crippen LogP contribution in [-0.2, 0) is 10.0 Å². The highest BCUT2D eigenvalue weighted by Crippen LogP contribution is 2.31. The maximum atomic E-state index is 12.5. The topological polar surface area (TPSA) is 49.4 Å². The number of hydrogen-bond acceptors (Lipinski definition) is 3. The van der Waals surface area contributed by atoms with Crippen molar-refractivity contribution in [1.82, 2.24) is 9.62 Å². The second-order valence-corrected chi connectivity index (χ2v) is 6.86. The molecule has 0 unspecified atom stereocenters. The molecular weight excluding hydrogens is 295 g/mol. The van der Waals surface area contributed by atoms with Crippen LogP contribution in [0.25, 0.3) is 0 Å². The number of nitrogens with one attached hydrogen (secondary N) is 1. The minimum absolute atomic E-state index is 0.0745. The zero-order valence-corrected chi connectivity index (χ0v) is 12.2. The lowest BCUT2D eigenvalue weighted by Gasteiger charge is -2.33. The molecule has 0 aliphatic carbocycles. The van der Waals surface area contributed by atoms with Gasteiger partial charge in [-0.3, -0.25) is 0 Å². The van der Waals surface area contributed by atoms with Crippen molar-refractivity contribution in [2.24, 2.45) is 0 Å². The summed E-state index contributed by atoms with van der Waals surface area (Å²) >= 11 is 11.9. The van der Waals surface area contributed by atoms with Crippen molar-refractivity contribution in [3.05, 3.63) is 28.2 Å². The fourth-order valence-electron chi connectivity index (χ4n) is 1.99. The molecule has 100 valence electrons. The van der Waals surface area contributed by atoms with E-state index in [0.717, 1.165) is 0 Å². The molecule has 1 aromatic rings. The normalized spacial score (nSPS) is 22.1. The summed E-state index contributed by atoms with van der Waals surface area (Å²) in [6, 6.07) is 4.55. The minimum Gasteiger partial charge on any atom is -0.314 e. The Morgan fingerprint density at radius 1 is 1.39 bits per heavy atom. The summed E-state index contributed by atoms with van der Waals surface area (Å²) in [5, 5.41) is 3.49. The third-order valence-corrected chi connectivity index (χ3v) is 5.93. The number of rotatable bonds is 2. The molecule has 1 heterocycles. The molecular formula is C11H14Cl2N2O2S. The molecule has 0 saturated carbocycles. The van der Waals surface area contributed by atoms with Crippen LogP contribution >= 0.6 is 23.2 Å². The Balaban J connectivity index is 2.44. The van der Waals surface area contributed by atoms with Crippen LogP contribution in [0.4, 0.5) is 0 Å². The molecule has 1 atom stereocenters. The molecule has 7 heteroatoms. The van der Waals surface area contributed by atoms with E-state index in [0.29, 0.717) is 19.6 Å². The predicted molar refractivity (Wildman–Crippen MR) is 72.7 cm³/mol. The quantitative estimate of drug-likeness (QED) is 0.909. The van der Waals surface area contributed by atoms with Crippen LogP contribution in [0, 0.1) is 0 Å². The van der Waals surface area contributed by atoms with Gasteiger partial charge in [0.25, 0.3) is 0 Å². The summed E-state index contributed by atoms with van der Waals surface area (Å²) in [5.41, 5.74) is 0. The van der Waals surface area contributed by atoms with Gasteiger partial charge < -0.3 is 5.32 Å². The van der Waals surface area contributed by atoms with Crippen LogP contribution in [-0.4, -0.2) is 38.4 Å². The summed E-state index contributed by atoms with van der Waals surface area (Å²) < 4.78 is 26.5. The Morgan fingerprint density at radius 2 is 2.11 bits per heavy atom. The number of sulfonamides is 1. The van der Waals surface area contributed by atoms with Gasteiger partial charge in [-0.05, 0) is 19.1 Å². The first-order valence-electron chi connectivity index (χ1n) is 5.61. The van der Waals surface area contributed by atoms with Gasteiger partial charge in [-0.1, -0.05) is 29.3 Å². The molecule has 2 rings (SSSR count). The zero-order valence-electron chi connectivity index (χ0n) is 9.86. The van der Waals surface area contributed by atoms with Gasteiger partial charge in [-0.15, -0.1) is 0 Å². The minimum atomic E-state index is -3.59. The van der Waals surface area contributed by atoms with E-state index in [1.54, 1.807) is 12.1 Å². The third kappa shape index (κ3) is 2.51. The molecule has 1 N–H and O–H groups in total. The lowest BCUT2D eigenvalue weighted by atomic mass is 10.3. The fraction of sp³-hybridized carbons (Fsp3) is 0.455. The van der Waals surface area contributed by atoms with Crippen molar-refractivity contribution in [1.29, 1.82) is 0 Å². The van der Waals surface area contributed by atoms with Gasteiger partial charge in [-0.25, -0.2) is 8.42 Å². The van der Waals surface area contributed by atoms with Crippen molar-refractivity contribution in [2.45, 2.75) is 17.9 Å². The molecule has 0 amide bonds. The van der Waals surface area contributed by atoms with Gasteiger partial charge in [0, 0.05) is 25.7 Å². The fourth-order valence-corrected chi connectivity index (χ4v) is 4.36. The summed E-state index contributed by atoms with van der Waals surface area (Å²) in [6.45, 7) is 3.58. The summed E-state index contributed by atoms with van der Waals surface area (Å²) in [5.74, 6) is 0. The maximum Gasteiger partial charge on any atom is 0.244 e. The van der Waals surface area contributed by atoms with Gasteiger partial charge in [0.2, 0.25) is 10.0 Å².